The molecule has 1 N–H and O–H groups in total. The van der Waals surface area contributed by atoms with E-state index in [0.29, 0.717) is 28.4 Å². The molecule has 1 aromatic heterocycles. The number of aromatic nitrogens is 2. The summed E-state index contributed by atoms with van der Waals surface area (Å²) >= 11 is 0. The van der Waals surface area contributed by atoms with Crippen LogP contribution in [0.4, 0.5) is 4.39 Å². The quantitative estimate of drug-likeness (QED) is 0.690. The highest BCUT2D eigenvalue weighted by Crippen LogP contribution is 2.24. The van der Waals surface area contributed by atoms with Gasteiger partial charge >= 0.3 is 0 Å². The van der Waals surface area contributed by atoms with Gasteiger partial charge in [0.1, 0.15) is 23.4 Å². The van der Waals surface area contributed by atoms with Crippen LogP contribution in [0.1, 0.15) is 6.92 Å². The average molecular weight is 340 g/mol. The van der Waals surface area contributed by atoms with Gasteiger partial charge in [0.15, 0.2) is 0 Å². The van der Waals surface area contributed by atoms with Crippen molar-refractivity contribution in [2.45, 2.75) is 13.0 Å². The van der Waals surface area contributed by atoms with Gasteiger partial charge in [-0.2, -0.15) is 0 Å². The van der Waals surface area contributed by atoms with Gasteiger partial charge in [-0.25, -0.2) is 14.4 Å². The van der Waals surface area contributed by atoms with Gasteiger partial charge in [0.05, 0.1) is 23.8 Å². The van der Waals surface area contributed by atoms with Crippen molar-refractivity contribution in [3.05, 3.63) is 66.6 Å². The number of rotatable bonds is 6. The summed E-state index contributed by atoms with van der Waals surface area (Å²) in [5.41, 5.74) is 1.03. The van der Waals surface area contributed by atoms with E-state index in [4.69, 9.17) is 14.6 Å². The number of nitrogens with zero attached hydrogens (tertiary/aromatic N) is 2. The maximum absolute atomic E-state index is 13.2. The zero-order chi connectivity index (χ0) is 17.6. The van der Waals surface area contributed by atoms with Crippen molar-refractivity contribution >= 4 is 11.0 Å². The summed E-state index contributed by atoms with van der Waals surface area (Å²) in [6.07, 6.45) is 4.71. The first-order valence-corrected chi connectivity index (χ1v) is 7.78. The summed E-state index contributed by atoms with van der Waals surface area (Å²) < 4.78 is 24.5. The second-order valence-electron chi connectivity index (χ2n) is 5.35. The molecule has 0 radical (unpaired) electrons. The van der Waals surface area contributed by atoms with E-state index in [1.54, 1.807) is 42.5 Å². The molecule has 2 aromatic carbocycles. The molecule has 5 nitrogen and oxygen atoms in total. The van der Waals surface area contributed by atoms with E-state index < -0.39 is 0 Å². The second kappa shape index (κ2) is 7.72. The molecule has 128 valence electrons. The molecule has 0 amide bonds. The van der Waals surface area contributed by atoms with E-state index in [-0.39, 0.29) is 18.5 Å². The molecule has 0 aliphatic heterocycles. The Balaban J connectivity index is 1.69. The molecule has 0 saturated carbocycles. The molecule has 0 bridgehead atoms. The van der Waals surface area contributed by atoms with Crippen LogP contribution in [0.2, 0.25) is 0 Å². The highest BCUT2D eigenvalue weighted by molar-refractivity contribution is 5.74. The first-order valence-electron chi connectivity index (χ1n) is 7.78. The molecule has 0 spiro atoms. The molecule has 0 saturated heterocycles. The number of aliphatic hydroxyl groups is 1. The maximum Gasteiger partial charge on any atom is 0.238 e. The summed E-state index contributed by atoms with van der Waals surface area (Å²) in [4.78, 5) is 8.44. The Morgan fingerprint density at radius 3 is 2.64 bits per heavy atom. The first kappa shape index (κ1) is 16.9. The normalized spacial score (nSPS) is 12.4. The third-order valence-electron chi connectivity index (χ3n) is 3.36. The molecular weight excluding hydrogens is 323 g/mol. The summed E-state index contributed by atoms with van der Waals surface area (Å²) in [5, 5.41) is 8.75. The first-order chi connectivity index (χ1) is 12.1. The van der Waals surface area contributed by atoms with E-state index in [0.717, 1.165) is 0 Å². The smallest absolute Gasteiger partial charge is 0.238 e. The highest BCUT2D eigenvalue weighted by Gasteiger charge is 2.05. The number of aliphatic hydroxyl groups excluding tert-OH is 1. The van der Waals surface area contributed by atoms with E-state index in [9.17, 15) is 4.39 Å². The fraction of sp³-hybridized carbons (Fsp3) is 0.158. The molecule has 1 heterocycles. The Morgan fingerprint density at radius 1 is 1.12 bits per heavy atom. The molecule has 0 aliphatic rings. The number of ether oxygens (including phenoxy) is 2. The van der Waals surface area contributed by atoms with Crippen LogP contribution in [0.15, 0.2) is 60.8 Å². The van der Waals surface area contributed by atoms with E-state index in [1.807, 2.05) is 6.92 Å². The van der Waals surface area contributed by atoms with Gasteiger partial charge in [0.25, 0.3) is 0 Å². The topological polar surface area (TPSA) is 64.5 Å². The van der Waals surface area contributed by atoms with Gasteiger partial charge in [-0.15, -0.1) is 0 Å². The summed E-state index contributed by atoms with van der Waals surface area (Å²) in [5.74, 6) is 1.24. The van der Waals surface area contributed by atoms with Crippen LogP contribution in [0, 0.1) is 5.82 Å². The molecular formula is C19H17FN2O3. The van der Waals surface area contributed by atoms with E-state index in [1.165, 1.54) is 18.3 Å². The number of halogens is 1. The predicted molar refractivity (Wildman–Crippen MR) is 92.3 cm³/mol. The van der Waals surface area contributed by atoms with Crippen molar-refractivity contribution in [1.29, 1.82) is 0 Å². The number of hydrogen-bond acceptors (Lipinski definition) is 5. The van der Waals surface area contributed by atoms with E-state index in [2.05, 4.69) is 9.97 Å². The lowest BCUT2D eigenvalue weighted by molar-refractivity contribution is 0.267. The van der Waals surface area contributed by atoms with Crippen LogP contribution in [0.25, 0.3) is 11.0 Å². The molecule has 3 aromatic rings. The molecule has 0 aliphatic carbocycles. The largest absolute Gasteiger partial charge is 0.487 e. The van der Waals surface area contributed by atoms with Gasteiger partial charge in [-0.1, -0.05) is 6.08 Å². The minimum absolute atomic E-state index is 0.0140. The number of benzene rings is 2. The van der Waals surface area contributed by atoms with Crippen LogP contribution in [-0.2, 0) is 0 Å². The lowest BCUT2D eigenvalue weighted by atomic mass is 10.3. The molecule has 1 atom stereocenters. The van der Waals surface area contributed by atoms with Crippen LogP contribution in [-0.4, -0.2) is 27.8 Å². The van der Waals surface area contributed by atoms with Crippen LogP contribution >= 0.6 is 0 Å². The van der Waals surface area contributed by atoms with Crippen molar-refractivity contribution in [1.82, 2.24) is 9.97 Å². The highest BCUT2D eigenvalue weighted by atomic mass is 19.1. The Bertz CT molecular complexity index is 881. The van der Waals surface area contributed by atoms with Crippen LogP contribution < -0.4 is 9.47 Å². The second-order valence-corrected chi connectivity index (χ2v) is 5.35. The Labute approximate surface area is 144 Å². The van der Waals surface area contributed by atoms with Crippen molar-refractivity contribution in [2.75, 3.05) is 6.61 Å². The Morgan fingerprint density at radius 2 is 1.88 bits per heavy atom. The maximum atomic E-state index is 13.2. The number of hydrogen-bond donors (Lipinski definition) is 1. The van der Waals surface area contributed by atoms with Gasteiger partial charge in [0.2, 0.25) is 5.88 Å². The molecule has 6 heteroatoms. The van der Waals surface area contributed by atoms with Crippen molar-refractivity contribution in [2.24, 2.45) is 0 Å². The zero-order valence-electron chi connectivity index (χ0n) is 13.6. The summed E-state index contributed by atoms with van der Waals surface area (Å²) in [6.45, 7) is 1.87. The number of fused-ring (bicyclic) bond motifs is 1. The fourth-order valence-electron chi connectivity index (χ4n) is 2.23. The molecule has 1 unspecified atom stereocenters. The molecule has 0 fully saturated rings. The SMILES string of the molecule is CC(C=CCO)Oc1ccc(Oc2cnc3cc(F)ccc3n2)cc1. The van der Waals surface area contributed by atoms with Gasteiger partial charge in [0, 0.05) is 6.07 Å². The van der Waals surface area contributed by atoms with E-state index >= 15 is 0 Å². The predicted octanol–water partition coefficient (Wildman–Crippen LogP) is 3.88. The monoisotopic (exact) mass is 340 g/mol. The minimum atomic E-state index is -0.353. The van der Waals surface area contributed by atoms with Crippen LogP contribution in [0.3, 0.4) is 0 Å². The lowest BCUT2D eigenvalue weighted by Crippen LogP contribution is -2.08. The third-order valence-corrected chi connectivity index (χ3v) is 3.36. The average Bonchev–Trinajstić information content (AvgIpc) is 2.62. The van der Waals surface area contributed by atoms with Crippen LogP contribution in [0.5, 0.6) is 17.4 Å². The molecule has 3 rings (SSSR count). The summed E-state index contributed by atoms with van der Waals surface area (Å²) in [6, 6.07) is 11.3. The molecule has 25 heavy (non-hydrogen) atoms. The standard InChI is InChI=1S/C19H17FN2O3/c1-13(3-2-10-23)24-15-5-7-16(8-6-15)25-19-12-21-18-11-14(20)4-9-17(18)22-19/h2-9,11-13,23H,10H2,1H3. The van der Waals surface area contributed by atoms with Gasteiger partial charge in [-0.05, 0) is 49.4 Å². The van der Waals surface area contributed by atoms with Crippen molar-refractivity contribution < 1.29 is 19.0 Å². The Kier molecular flexibility index (Phi) is 5.20. The minimum Gasteiger partial charge on any atom is -0.487 e. The van der Waals surface area contributed by atoms with Gasteiger partial charge < -0.3 is 14.6 Å². The fourth-order valence-corrected chi connectivity index (χ4v) is 2.23. The zero-order valence-corrected chi connectivity index (χ0v) is 13.6. The van der Waals surface area contributed by atoms with Crippen molar-refractivity contribution in [3.63, 3.8) is 0 Å². The lowest BCUT2D eigenvalue weighted by Gasteiger charge is -2.11. The summed E-state index contributed by atoms with van der Waals surface area (Å²) in [7, 11) is 0. The Hall–Kier alpha value is -2.99. The third kappa shape index (κ3) is 4.51. The van der Waals surface area contributed by atoms with Crippen molar-refractivity contribution in [3.8, 4) is 17.4 Å². The van der Waals surface area contributed by atoms with Gasteiger partial charge in [-0.3, -0.25) is 0 Å².